The largest absolute Gasteiger partial charge is 0.359 e. The minimum atomic E-state index is 0.116. The van der Waals surface area contributed by atoms with Gasteiger partial charge in [-0.2, -0.15) is 0 Å². The lowest BCUT2D eigenvalue weighted by atomic mass is 10.1. The molecule has 0 aliphatic heterocycles. The summed E-state index contributed by atoms with van der Waals surface area (Å²) < 4.78 is 0. The Balaban J connectivity index is 2.54. The standard InChI is InChI=1S/C12H19N5/c1-9-4-6-10(7-5-9)8-17(3)12(14)16-11(13)15-2/h4-7H,8H2,1-3H3,(H4,13,14,15,16). The molecule has 0 bridgehead atoms. The Morgan fingerprint density at radius 1 is 1.24 bits per heavy atom. The van der Waals surface area contributed by atoms with Crippen molar-refractivity contribution in [3.8, 4) is 0 Å². The molecule has 1 aromatic rings. The Labute approximate surface area is 102 Å². The minimum absolute atomic E-state index is 0.116. The van der Waals surface area contributed by atoms with E-state index in [-0.39, 0.29) is 11.9 Å². The monoisotopic (exact) mass is 233 g/mol. The fraction of sp³-hybridized carbons (Fsp3) is 0.333. The maximum Gasteiger partial charge on any atom is 0.197 e. The van der Waals surface area contributed by atoms with Crippen molar-refractivity contribution in [1.29, 1.82) is 10.8 Å². The van der Waals surface area contributed by atoms with E-state index in [9.17, 15) is 0 Å². The van der Waals surface area contributed by atoms with E-state index < -0.39 is 0 Å². The van der Waals surface area contributed by atoms with Crippen LogP contribution >= 0.6 is 0 Å². The molecule has 4 N–H and O–H groups in total. The lowest BCUT2D eigenvalue weighted by molar-refractivity contribution is 0.484. The highest BCUT2D eigenvalue weighted by Crippen LogP contribution is 2.05. The van der Waals surface area contributed by atoms with Gasteiger partial charge >= 0.3 is 0 Å². The topological polar surface area (TPSA) is 75.0 Å². The predicted octanol–water partition coefficient (Wildman–Crippen LogP) is 1.11. The molecule has 0 fully saturated rings. The van der Waals surface area contributed by atoms with Gasteiger partial charge in [0.15, 0.2) is 11.9 Å². The molecule has 0 aliphatic carbocycles. The van der Waals surface area contributed by atoms with Crippen LogP contribution in [-0.4, -0.2) is 30.9 Å². The third-order valence-corrected chi connectivity index (χ3v) is 2.42. The number of guanidine groups is 2. The van der Waals surface area contributed by atoms with E-state index in [1.54, 1.807) is 11.9 Å². The van der Waals surface area contributed by atoms with Gasteiger partial charge in [0.1, 0.15) is 0 Å². The molecule has 5 heteroatoms. The van der Waals surface area contributed by atoms with Gasteiger partial charge in [0.2, 0.25) is 0 Å². The van der Waals surface area contributed by atoms with Crippen LogP contribution in [0.1, 0.15) is 11.1 Å². The van der Waals surface area contributed by atoms with Gasteiger partial charge in [-0.1, -0.05) is 29.8 Å². The zero-order chi connectivity index (χ0) is 12.8. The number of nitrogens with one attached hydrogen (secondary N) is 4. The molecule has 0 aromatic heterocycles. The molecule has 1 aromatic carbocycles. The van der Waals surface area contributed by atoms with Crippen LogP contribution < -0.4 is 10.6 Å². The van der Waals surface area contributed by atoms with E-state index in [1.165, 1.54) is 5.56 Å². The highest BCUT2D eigenvalue weighted by Gasteiger charge is 2.06. The van der Waals surface area contributed by atoms with Crippen molar-refractivity contribution in [3.63, 3.8) is 0 Å². The molecular formula is C12H19N5. The van der Waals surface area contributed by atoms with Gasteiger partial charge in [0.25, 0.3) is 0 Å². The minimum Gasteiger partial charge on any atom is -0.359 e. The average Bonchev–Trinajstić information content (AvgIpc) is 2.31. The normalized spacial score (nSPS) is 9.59. The van der Waals surface area contributed by atoms with Gasteiger partial charge in [-0.15, -0.1) is 0 Å². The van der Waals surface area contributed by atoms with Crippen LogP contribution in [0.25, 0.3) is 0 Å². The van der Waals surface area contributed by atoms with Gasteiger partial charge in [-0.3, -0.25) is 16.1 Å². The van der Waals surface area contributed by atoms with Crippen LogP contribution in [-0.2, 0) is 6.54 Å². The second-order valence-electron chi connectivity index (χ2n) is 3.94. The zero-order valence-corrected chi connectivity index (χ0v) is 10.5. The summed E-state index contributed by atoms with van der Waals surface area (Å²) in [5.74, 6) is 0.315. The fourth-order valence-electron chi connectivity index (χ4n) is 1.32. The van der Waals surface area contributed by atoms with Crippen molar-refractivity contribution in [3.05, 3.63) is 35.4 Å². The lowest BCUT2D eigenvalue weighted by Crippen LogP contribution is -2.45. The predicted molar refractivity (Wildman–Crippen MR) is 70.3 cm³/mol. The Morgan fingerprint density at radius 2 is 1.82 bits per heavy atom. The third-order valence-electron chi connectivity index (χ3n) is 2.42. The molecule has 0 spiro atoms. The van der Waals surface area contributed by atoms with Crippen molar-refractivity contribution >= 4 is 11.9 Å². The maximum atomic E-state index is 7.75. The first-order chi connectivity index (χ1) is 8.02. The molecule has 0 heterocycles. The molecule has 1 rings (SSSR count). The maximum absolute atomic E-state index is 7.75. The number of rotatable bonds is 2. The average molecular weight is 233 g/mol. The van der Waals surface area contributed by atoms with Crippen molar-refractivity contribution in [1.82, 2.24) is 15.5 Å². The molecule has 0 unspecified atom stereocenters. The van der Waals surface area contributed by atoms with E-state index in [0.29, 0.717) is 6.54 Å². The van der Waals surface area contributed by atoms with E-state index in [0.717, 1.165) is 5.56 Å². The molecule has 0 radical (unpaired) electrons. The SMILES string of the molecule is CNC(=N)NC(=N)N(C)Cc1ccc(C)cc1. The molecule has 17 heavy (non-hydrogen) atoms. The van der Waals surface area contributed by atoms with Crippen LogP contribution in [0.15, 0.2) is 24.3 Å². The van der Waals surface area contributed by atoms with Crippen molar-refractivity contribution in [2.24, 2.45) is 0 Å². The number of benzene rings is 1. The quantitative estimate of drug-likeness (QED) is 0.456. The third kappa shape index (κ3) is 4.14. The molecule has 0 saturated heterocycles. The summed E-state index contributed by atoms with van der Waals surface area (Å²) in [7, 11) is 3.46. The number of hydrogen-bond acceptors (Lipinski definition) is 2. The summed E-state index contributed by atoms with van der Waals surface area (Å²) in [6, 6.07) is 8.19. The second kappa shape index (κ2) is 5.89. The molecular weight excluding hydrogens is 214 g/mol. The first kappa shape index (κ1) is 13.0. The number of aryl methyl sites for hydroxylation is 1. The van der Waals surface area contributed by atoms with E-state index in [2.05, 4.69) is 22.8 Å². The summed E-state index contributed by atoms with van der Waals surface area (Å²) in [6.07, 6.45) is 0. The molecule has 0 atom stereocenters. The van der Waals surface area contributed by atoms with Crippen molar-refractivity contribution in [2.75, 3.05) is 14.1 Å². The van der Waals surface area contributed by atoms with Crippen molar-refractivity contribution in [2.45, 2.75) is 13.5 Å². The summed E-state index contributed by atoms with van der Waals surface area (Å²) in [4.78, 5) is 1.75. The van der Waals surface area contributed by atoms with Gasteiger partial charge in [-0.25, -0.2) is 0 Å². The Bertz CT molecular complexity index is 396. The Hall–Kier alpha value is -2.04. The molecule has 0 saturated carbocycles. The first-order valence-electron chi connectivity index (χ1n) is 5.41. The first-order valence-corrected chi connectivity index (χ1v) is 5.41. The second-order valence-corrected chi connectivity index (χ2v) is 3.94. The van der Waals surface area contributed by atoms with E-state index in [1.807, 2.05) is 26.1 Å². The van der Waals surface area contributed by atoms with Gasteiger partial charge in [0, 0.05) is 20.6 Å². The Kier molecular flexibility index (Phi) is 4.51. The van der Waals surface area contributed by atoms with Crippen LogP contribution in [0.2, 0.25) is 0 Å². The number of hydrogen-bond donors (Lipinski definition) is 4. The summed E-state index contributed by atoms with van der Waals surface area (Å²) >= 11 is 0. The van der Waals surface area contributed by atoms with Crippen LogP contribution in [0.3, 0.4) is 0 Å². The van der Waals surface area contributed by atoms with E-state index in [4.69, 9.17) is 10.8 Å². The molecule has 5 nitrogen and oxygen atoms in total. The number of nitrogens with zero attached hydrogens (tertiary/aromatic N) is 1. The van der Waals surface area contributed by atoms with Gasteiger partial charge < -0.3 is 10.2 Å². The highest BCUT2D eigenvalue weighted by molar-refractivity contribution is 5.95. The highest BCUT2D eigenvalue weighted by atomic mass is 15.3. The van der Waals surface area contributed by atoms with Crippen LogP contribution in [0.4, 0.5) is 0 Å². The zero-order valence-electron chi connectivity index (χ0n) is 10.5. The van der Waals surface area contributed by atoms with Crippen LogP contribution in [0, 0.1) is 17.7 Å². The molecule has 0 aliphatic rings. The van der Waals surface area contributed by atoms with Gasteiger partial charge in [-0.05, 0) is 12.5 Å². The summed E-state index contributed by atoms with van der Waals surface area (Å²) in [5, 5.41) is 20.4. The van der Waals surface area contributed by atoms with Gasteiger partial charge in [0.05, 0.1) is 0 Å². The van der Waals surface area contributed by atoms with Crippen LogP contribution in [0.5, 0.6) is 0 Å². The van der Waals surface area contributed by atoms with E-state index >= 15 is 0 Å². The fourth-order valence-corrected chi connectivity index (χ4v) is 1.32. The summed E-state index contributed by atoms with van der Waals surface area (Å²) in [6.45, 7) is 2.69. The Morgan fingerprint density at radius 3 is 2.35 bits per heavy atom. The molecule has 0 amide bonds. The lowest BCUT2D eigenvalue weighted by Gasteiger charge is -2.21. The molecule has 92 valence electrons. The summed E-state index contributed by atoms with van der Waals surface area (Å²) in [5.41, 5.74) is 2.36. The van der Waals surface area contributed by atoms with Crippen molar-refractivity contribution < 1.29 is 0 Å². The smallest absolute Gasteiger partial charge is 0.197 e.